The van der Waals surface area contributed by atoms with Gasteiger partial charge in [0, 0.05) is 16.8 Å². The van der Waals surface area contributed by atoms with Gasteiger partial charge in [-0.05, 0) is 78.8 Å². The van der Waals surface area contributed by atoms with E-state index in [0.717, 1.165) is 17.0 Å². The second kappa shape index (κ2) is 10.0. The summed E-state index contributed by atoms with van der Waals surface area (Å²) in [7, 11) is 0. The van der Waals surface area contributed by atoms with Gasteiger partial charge in [0.05, 0.1) is 6.61 Å². The van der Waals surface area contributed by atoms with Gasteiger partial charge in [0.25, 0.3) is 5.91 Å². The van der Waals surface area contributed by atoms with Gasteiger partial charge in [-0.1, -0.05) is 13.8 Å². The summed E-state index contributed by atoms with van der Waals surface area (Å²) in [5.41, 5.74) is 2.09. The number of anilines is 1. The highest BCUT2D eigenvalue weighted by atomic mass is 32.1. The standard InChI is InChI=1S/C23H24N2O4S/c1-15(2)14-28-19-9-5-17(6-10-19)22(27)25-23(30)24-18-7-3-16(4-8-18)21-12-11-20(13-26)29-21/h3-12,15,26H,13-14H2,1-2H3,(H2,24,25,27,30). The number of ether oxygens (including phenoxy) is 1. The van der Waals surface area contributed by atoms with Crippen LogP contribution in [0.25, 0.3) is 11.3 Å². The predicted molar refractivity (Wildman–Crippen MR) is 121 cm³/mol. The number of hydrogen-bond donors (Lipinski definition) is 3. The Hall–Kier alpha value is -3.16. The lowest BCUT2D eigenvalue weighted by atomic mass is 10.1. The Labute approximate surface area is 180 Å². The van der Waals surface area contributed by atoms with E-state index in [1.54, 1.807) is 36.4 Å². The number of nitrogens with one attached hydrogen (secondary N) is 2. The van der Waals surface area contributed by atoms with Gasteiger partial charge in [-0.15, -0.1) is 0 Å². The summed E-state index contributed by atoms with van der Waals surface area (Å²) >= 11 is 5.24. The number of rotatable bonds is 7. The molecule has 0 aliphatic carbocycles. The third kappa shape index (κ3) is 5.92. The van der Waals surface area contributed by atoms with Crippen LogP contribution in [0.3, 0.4) is 0 Å². The summed E-state index contributed by atoms with van der Waals surface area (Å²) in [4.78, 5) is 12.4. The number of furan rings is 1. The molecular formula is C23H24N2O4S. The van der Waals surface area contributed by atoms with Crippen LogP contribution in [0.15, 0.2) is 65.1 Å². The summed E-state index contributed by atoms with van der Waals surface area (Å²) in [6, 6.07) is 17.9. The molecule has 3 rings (SSSR count). The number of hydrogen-bond acceptors (Lipinski definition) is 5. The van der Waals surface area contributed by atoms with Crippen molar-refractivity contribution in [3.05, 3.63) is 72.0 Å². The zero-order valence-electron chi connectivity index (χ0n) is 16.8. The first kappa shape index (κ1) is 21.5. The van der Waals surface area contributed by atoms with E-state index in [4.69, 9.17) is 26.5 Å². The molecular weight excluding hydrogens is 400 g/mol. The number of aliphatic hydroxyl groups is 1. The zero-order chi connectivity index (χ0) is 21.5. The molecule has 3 aromatic rings. The molecule has 0 bridgehead atoms. The van der Waals surface area contributed by atoms with E-state index < -0.39 is 0 Å². The number of thiocarbonyl (C=S) groups is 1. The van der Waals surface area contributed by atoms with Gasteiger partial charge in [-0.25, -0.2) is 0 Å². The number of carbonyl (C=O) groups excluding carboxylic acids is 1. The van der Waals surface area contributed by atoms with Gasteiger partial charge in [-0.2, -0.15) is 0 Å². The lowest BCUT2D eigenvalue weighted by Crippen LogP contribution is -2.34. The van der Waals surface area contributed by atoms with Gasteiger partial charge in [0.1, 0.15) is 23.9 Å². The molecule has 0 unspecified atom stereocenters. The molecule has 0 aliphatic heterocycles. The fraction of sp³-hybridized carbons (Fsp3) is 0.217. The van der Waals surface area contributed by atoms with Crippen LogP contribution in [0.5, 0.6) is 5.75 Å². The summed E-state index contributed by atoms with van der Waals surface area (Å²) in [6.07, 6.45) is 0. The molecule has 0 saturated heterocycles. The molecule has 0 radical (unpaired) electrons. The van der Waals surface area contributed by atoms with Crippen LogP contribution in [-0.4, -0.2) is 22.7 Å². The second-order valence-corrected chi connectivity index (χ2v) is 7.55. The highest BCUT2D eigenvalue weighted by Gasteiger charge is 2.09. The monoisotopic (exact) mass is 424 g/mol. The first-order valence-corrected chi connectivity index (χ1v) is 10.0. The van der Waals surface area contributed by atoms with E-state index in [-0.39, 0.29) is 17.6 Å². The number of aliphatic hydroxyl groups excluding tert-OH is 1. The molecule has 156 valence electrons. The Balaban J connectivity index is 1.54. The first-order valence-electron chi connectivity index (χ1n) is 9.60. The van der Waals surface area contributed by atoms with E-state index in [1.165, 1.54) is 0 Å². The molecule has 2 aromatic carbocycles. The summed E-state index contributed by atoms with van der Waals surface area (Å²) in [5, 5.41) is 14.9. The van der Waals surface area contributed by atoms with Crippen molar-refractivity contribution in [2.24, 2.45) is 5.92 Å². The van der Waals surface area contributed by atoms with Crippen molar-refractivity contribution >= 4 is 28.9 Å². The highest BCUT2D eigenvalue weighted by molar-refractivity contribution is 7.80. The average molecular weight is 425 g/mol. The van der Waals surface area contributed by atoms with Crippen LogP contribution in [0.1, 0.15) is 30.0 Å². The van der Waals surface area contributed by atoms with Gasteiger partial charge < -0.3 is 19.6 Å². The maximum Gasteiger partial charge on any atom is 0.257 e. The van der Waals surface area contributed by atoms with Crippen molar-refractivity contribution in [2.45, 2.75) is 20.5 Å². The van der Waals surface area contributed by atoms with Gasteiger partial charge in [0.2, 0.25) is 0 Å². The Morgan fingerprint density at radius 1 is 1.07 bits per heavy atom. The minimum atomic E-state index is -0.299. The van der Waals surface area contributed by atoms with Crippen molar-refractivity contribution in [3.8, 4) is 17.1 Å². The normalized spacial score (nSPS) is 10.7. The van der Waals surface area contributed by atoms with E-state index in [1.807, 2.05) is 24.3 Å². The third-order valence-corrected chi connectivity index (χ3v) is 4.38. The molecule has 0 aliphatic rings. The van der Waals surface area contributed by atoms with Crippen LogP contribution in [0, 0.1) is 5.92 Å². The van der Waals surface area contributed by atoms with Crippen LogP contribution in [-0.2, 0) is 6.61 Å². The molecule has 3 N–H and O–H groups in total. The molecule has 0 atom stereocenters. The summed E-state index contributed by atoms with van der Waals surface area (Å²) in [5.74, 6) is 2.04. The SMILES string of the molecule is CC(C)COc1ccc(C(=O)NC(=S)Nc2ccc(-c3ccc(CO)o3)cc2)cc1. The number of carbonyl (C=O) groups is 1. The van der Waals surface area contributed by atoms with E-state index in [9.17, 15) is 4.79 Å². The second-order valence-electron chi connectivity index (χ2n) is 7.14. The molecule has 0 fully saturated rings. The molecule has 1 heterocycles. The van der Waals surface area contributed by atoms with E-state index in [0.29, 0.717) is 29.6 Å². The molecule has 7 heteroatoms. The van der Waals surface area contributed by atoms with E-state index in [2.05, 4.69) is 24.5 Å². The Kier molecular flexibility index (Phi) is 7.21. The van der Waals surface area contributed by atoms with Crippen LogP contribution >= 0.6 is 12.2 Å². The zero-order valence-corrected chi connectivity index (χ0v) is 17.7. The quantitative estimate of drug-likeness (QED) is 0.481. The van der Waals surface area contributed by atoms with Crippen molar-refractivity contribution < 1.29 is 19.1 Å². The van der Waals surface area contributed by atoms with Crippen LogP contribution < -0.4 is 15.4 Å². The molecule has 1 amide bonds. The number of benzene rings is 2. The van der Waals surface area contributed by atoms with Crippen molar-refractivity contribution in [2.75, 3.05) is 11.9 Å². The molecule has 6 nitrogen and oxygen atoms in total. The third-order valence-electron chi connectivity index (χ3n) is 4.17. The Bertz CT molecular complexity index is 995. The Morgan fingerprint density at radius 3 is 2.37 bits per heavy atom. The lowest BCUT2D eigenvalue weighted by molar-refractivity contribution is 0.0977. The lowest BCUT2D eigenvalue weighted by Gasteiger charge is -2.11. The first-order chi connectivity index (χ1) is 14.4. The average Bonchev–Trinajstić information content (AvgIpc) is 3.22. The highest BCUT2D eigenvalue weighted by Crippen LogP contribution is 2.24. The van der Waals surface area contributed by atoms with Crippen LogP contribution in [0.4, 0.5) is 5.69 Å². The minimum absolute atomic E-state index is 0.138. The van der Waals surface area contributed by atoms with Gasteiger partial charge in [0.15, 0.2) is 5.11 Å². The Morgan fingerprint density at radius 2 is 1.77 bits per heavy atom. The summed E-state index contributed by atoms with van der Waals surface area (Å²) < 4.78 is 11.1. The smallest absolute Gasteiger partial charge is 0.257 e. The maximum absolute atomic E-state index is 12.4. The minimum Gasteiger partial charge on any atom is -0.493 e. The topological polar surface area (TPSA) is 83.7 Å². The van der Waals surface area contributed by atoms with E-state index >= 15 is 0 Å². The van der Waals surface area contributed by atoms with Crippen LogP contribution in [0.2, 0.25) is 0 Å². The van der Waals surface area contributed by atoms with Gasteiger partial charge >= 0.3 is 0 Å². The fourth-order valence-corrected chi connectivity index (χ4v) is 2.85. The maximum atomic E-state index is 12.4. The fourth-order valence-electron chi connectivity index (χ4n) is 2.64. The van der Waals surface area contributed by atoms with Crippen molar-refractivity contribution in [3.63, 3.8) is 0 Å². The van der Waals surface area contributed by atoms with Crippen molar-refractivity contribution in [1.29, 1.82) is 0 Å². The number of amides is 1. The predicted octanol–water partition coefficient (Wildman–Crippen LogP) is 4.60. The summed E-state index contributed by atoms with van der Waals surface area (Å²) in [6.45, 7) is 4.64. The molecule has 30 heavy (non-hydrogen) atoms. The molecule has 0 spiro atoms. The largest absolute Gasteiger partial charge is 0.493 e. The van der Waals surface area contributed by atoms with Crippen molar-refractivity contribution in [1.82, 2.24) is 5.32 Å². The molecule has 0 saturated carbocycles. The molecule has 1 aromatic heterocycles. The van der Waals surface area contributed by atoms with Gasteiger partial charge in [-0.3, -0.25) is 10.1 Å².